The van der Waals surface area contributed by atoms with Gasteiger partial charge in [-0.15, -0.1) is 0 Å². The number of hydrogen-bond acceptors (Lipinski definition) is 4. The first-order valence-electron chi connectivity index (χ1n) is 17.9. The van der Waals surface area contributed by atoms with Crippen LogP contribution in [0.25, 0.3) is 66.6 Å². The number of benzene rings is 7. The lowest BCUT2D eigenvalue weighted by molar-refractivity contribution is 0.465. The van der Waals surface area contributed by atoms with E-state index in [4.69, 9.17) is 19.4 Å². The number of rotatable bonds is 3. The molecule has 0 spiro atoms. The average Bonchev–Trinajstić information content (AvgIpc) is 3.74. The summed E-state index contributed by atoms with van der Waals surface area (Å²) in [5, 5.41) is 4.65. The van der Waals surface area contributed by atoms with Gasteiger partial charge in [-0.05, 0) is 59.5 Å². The minimum atomic E-state index is -0.00400. The molecule has 0 radical (unpaired) electrons. The standard InChI is InChI=1S/C46H27BN4O2/c1-7-19-36-29(13-1)30-14-2-8-20-37(30)50(36)44-27-35(48-46(49-44)51-38-21-9-3-15-31(38)32-16-4-10-22-39(32)51)28-25-42-45-43(26-28)53-41-24-12-6-18-34(41)47(45)33-17-5-11-23-40(33)52-42/h1-27H. The fraction of sp³-hybridized carbons (Fsp3) is 0. The molecule has 7 aromatic carbocycles. The fourth-order valence-electron chi connectivity index (χ4n) is 8.63. The van der Waals surface area contributed by atoms with E-state index in [1.165, 1.54) is 10.8 Å². The first-order chi connectivity index (χ1) is 26.3. The van der Waals surface area contributed by atoms with Gasteiger partial charge in [0.15, 0.2) is 0 Å². The second-order valence-electron chi connectivity index (χ2n) is 13.7. The molecule has 0 atom stereocenters. The van der Waals surface area contributed by atoms with Gasteiger partial charge in [0.25, 0.3) is 6.71 Å². The van der Waals surface area contributed by atoms with Crippen LogP contribution in [-0.4, -0.2) is 25.8 Å². The van der Waals surface area contributed by atoms with Crippen molar-refractivity contribution in [3.63, 3.8) is 0 Å². The van der Waals surface area contributed by atoms with E-state index in [0.717, 1.165) is 89.3 Å². The quantitative estimate of drug-likeness (QED) is 0.175. The lowest BCUT2D eigenvalue weighted by atomic mass is 9.35. The van der Waals surface area contributed by atoms with Gasteiger partial charge in [-0.25, -0.2) is 4.98 Å². The van der Waals surface area contributed by atoms with E-state index >= 15 is 0 Å². The van der Waals surface area contributed by atoms with Crippen LogP contribution in [0, 0.1) is 0 Å². The first-order valence-corrected chi connectivity index (χ1v) is 17.9. The van der Waals surface area contributed by atoms with Crippen molar-refractivity contribution in [2.45, 2.75) is 0 Å². The van der Waals surface area contributed by atoms with Gasteiger partial charge in [0.2, 0.25) is 5.95 Å². The van der Waals surface area contributed by atoms with Gasteiger partial charge in [-0.3, -0.25) is 9.13 Å². The minimum absolute atomic E-state index is 0.00400. The molecule has 5 heterocycles. The molecule has 0 unspecified atom stereocenters. The summed E-state index contributed by atoms with van der Waals surface area (Å²) in [4.78, 5) is 10.8. The molecule has 0 bridgehead atoms. The van der Waals surface area contributed by atoms with Gasteiger partial charge in [0.1, 0.15) is 28.8 Å². The Morgan fingerprint density at radius 3 is 1.36 bits per heavy atom. The molecule has 0 saturated heterocycles. The third-order valence-electron chi connectivity index (χ3n) is 10.9. The van der Waals surface area contributed by atoms with Gasteiger partial charge in [-0.2, -0.15) is 4.98 Å². The van der Waals surface area contributed by atoms with Crippen molar-refractivity contribution in [1.29, 1.82) is 0 Å². The Bertz CT molecular complexity index is 2850. The number of hydrogen-bond donors (Lipinski definition) is 0. The molecule has 0 aliphatic carbocycles. The number of aromatic nitrogens is 4. The number of ether oxygens (including phenoxy) is 2. The Balaban J connectivity index is 1.16. The minimum Gasteiger partial charge on any atom is -0.458 e. The highest BCUT2D eigenvalue weighted by Crippen LogP contribution is 2.40. The maximum Gasteiger partial charge on any atom is 0.260 e. The van der Waals surface area contributed by atoms with Crippen molar-refractivity contribution >= 4 is 66.7 Å². The van der Waals surface area contributed by atoms with Gasteiger partial charge >= 0.3 is 0 Å². The molecular formula is C46H27BN4O2. The summed E-state index contributed by atoms with van der Waals surface area (Å²) in [6, 6.07) is 56.9. The molecule has 246 valence electrons. The van der Waals surface area contributed by atoms with Crippen molar-refractivity contribution in [2.75, 3.05) is 0 Å². The summed E-state index contributed by atoms with van der Waals surface area (Å²) in [6.45, 7) is -0.00400. The summed E-state index contributed by atoms with van der Waals surface area (Å²) < 4.78 is 17.8. The van der Waals surface area contributed by atoms with Gasteiger partial charge in [0, 0.05) is 38.6 Å². The molecule has 10 aromatic rings. The van der Waals surface area contributed by atoms with Crippen LogP contribution < -0.4 is 25.9 Å². The van der Waals surface area contributed by atoms with Crippen molar-refractivity contribution in [3.05, 3.63) is 164 Å². The van der Waals surface area contributed by atoms with E-state index in [-0.39, 0.29) is 6.71 Å². The molecule has 2 aliphatic heterocycles. The smallest absolute Gasteiger partial charge is 0.260 e. The third-order valence-corrected chi connectivity index (χ3v) is 10.9. The maximum absolute atomic E-state index is 6.70. The van der Waals surface area contributed by atoms with E-state index in [1.807, 2.05) is 24.3 Å². The molecule has 7 heteroatoms. The lowest BCUT2D eigenvalue weighted by Gasteiger charge is -2.33. The fourth-order valence-corrected chi connectivity index (χ4v) is 8.63. The number of para-hydroxylation sites is 6. The predicted octanol–water partition coefficient (Wildman–Crippen LogP) is 9.07. The molecule has 0 N–H and O–H groups in total. The van der Waals surface area contributed by atoms with Crippen LogP contribution in [0.3, 0.4) is 0 Å². The van der Waals surface area contributed by atoms with Crippen molar-refractivity contribution in [1.82, 2.24) is 19.1 Å². The molecule has 3 aromatic heterocycles. The zero-order valence-electron chi connectivity index (χ0n) is 28.3. The van der Waals surface area contributed by atoms with Crippen LogP contribution in [0.5, 0.6) is 23.0 Å². The summed E-state index contributed by atoms with van der Waals surface area (Å²) in [7, 11) is 0. The van der Waals surface area contributed by atoms with Crippen LogP contribution in [-0.2, 0) is 0 Å². The lowest BCUT2D eigenvalue weighted by Crippen LogP contribution is -2.57. The molecule has 0 amide bonds. The van der Waals surface area contributed by atoms with Crippen LogP contribution in [0.15, 0.2) is 164 Å². The SMILES string of the molecule is c1ccc2c(c1)Oc1cc(-c3cc(-n4c5ccccc5c5ccccc54)nc(-n4c5ccccc5c5ccccc54)n3)cc3c1B2c1ccccc1O3. The first kappa shape index (κ1) is 28.6. The van der Waals surface area contributed by atoms with Crippen LogP contribution >= 0.6 is 0 Å². The molecule has 0 saturated carbocycles. The largest absolute Gasteiger partial charge is 0.458 e. The van der Waals surface area contributed by atoms with Gasteiger partial charge in [0.05, 0.1) is 27.8 Å². The summed E-state index contributed by atoms with van der Waals surface area (Å²) in [5.41, 5.74) is 9.18. The Morgan fingerprint density at radius 1 is 0.415 bits per heavy atom. The predicted molar refractivity (Wildman–Crippen MR) is 214 cm³/mol. The zero-order chi connectivity index (χ0) is 34.6. The highest BCUT2D eigenvalue weighted by atomic mass is 16.5. The topological polar surface area (TPSA) is 54.1 Å². The third kappa shape index (κ3) is 4.04. The Morgan fingerprint density at radius 2 is 0.849 bits per heavy atom. The molecule has 6 nitrogen and oxygen atoms in total. The highest BCUT2D eigenvalue weighted by molar-refractivity contribution is 6.98. The molecule has 0 fully saturated rings. The van der Waals surface area contributed by atoms with Crippen molar-refractivity contribution in [2.24, 2.45) is 0 Å². The Labute approximate surface area is 304 Å². The van der Waals surface area contributed by atoms with E-state index < -0.39 is 0 Å². The van der Waals surface area contributed by atoms with Gasteiger partial charge < -0.3 is 9.47 Å². The normalized spacial score (nSPS) is 12.8. The van der Waals surface area contributed by atoms with Crippen LogP contribution in [0.2, 0.25) is 0 Å². The monoisotopic (exact) mass is 678 g/mol. The number of nitrogens with zero attached hydrogens (tertiary/aromatic N) is 4. The van der Waals surface area contributed by atoms with Crippen molar-refractivity contribution in [3.8, 4) is 46.0 Å². The maximum atomic E-state index is 6.70. The summed E-state index contributed by atoms with van der Waals surface area (Å²) in [5.74, 6) is 4.59. The van der Waals surface area contributed by atoms with E-state index in [2.05, 4.69) is 149 Å². The molecule has 2 aliphatic rings. The van der Waals surface area contributed by atoms with Crippen LogP contribution in [0.1, 0.15) is 0 Å². The highest BCUT2D eigenvalue weighted by Gasteiger charge is 2.40. The van der Waals surface area contributed by atoms with Crippen LogP contribution in [0.4, 0.5) is 0 Å². The Hall–Kier alpha value is -7.12. The second-order valence-corrected chi connectivity index (χ2v) is 13.7. The summed E-state index contributed by atoms with van der Waals surface area (Å²) >= 11 is 0. The number of fused-ring (bicyclic) bond motifs is 10. The second kappa shape index (κ2) is 10.7. The Kier molecular flexibility index (Phi) is 5.77. The summed E-state index contributed by atoms with van der Waals surface area (Å²) in [6.07, 6.45) is 0. The zero-order valence-corrected chi connectivity index (χ0v) is 28.3. The molecule has 53 heavy (non-hydrogen) atoms. The van der Waals surface area contributed by atoms with E-state index in [1.54, 1.807) is 0 Å². The average molecular weight is 679 g/mol. The van der Waals surface area contributed by atoms with Crippen molar-refractivity contribution < 1.29 is 9.47 Å². The molecule has 12 rings (SSSR count). The van der Waals surface area contributed by atoms with E-state index in [0.29, 0.717) is 5.95 Å². The van der Waals surface area contributed by atoms with Gasteiger partial charge in [-0.1, -0.05) is 109 Å². The molecular weight excluding hydrogens is 651 g/mol. The van der Waals surface area contributed by atoms with E-state index in [9.17, 15) is 0 Å².